The molecule has 0 aliphatic heterocycles. The zero-order valence-electron chi connectivity index (χ0n) is 9.61. The maximum Gasteiger partial charge on any atom is 0.513 e. The number of rotatable bonds is 4. The van der Waals surface area contributed by atoms with Crippen molar-refractivity contribution >= 4 is 7.91 Å². The fraction of sp³-hybridized carbons (Fsp3) is 1.00. The van der Waals surface area contributed by atoms with Crippen LogP contribution in [0.5, 0.6) is 0 Å². The summed E-state index contributed by atoms with van der Waals surface area (Å²) in [4.78, 5) is 0. The standard InChI is InChI=1S/C10H20FO3P/c1-4-13-15(11,12)14-10-6-8(2)5-9(3)7-10/h8-10H,4-7H2,1-3H3. The van der Waals surface area contributed by atoms with Crippen molar-refractivity contribution in [3.8, 4) is 0 Å². The first-order chi connectivity index (χ1) is 6.93. The van der Waals surface area contributed by atoms with E-state index in [4.69, 9.17) is 4.52 Å². The molecule has 1 rings (SSSR count). The third kappa shape index (κ3) is 4.62. The zero-order chi connectivity index (χ0) is 11.5. The molecule has 0 saturated heterocycles. The third-order valence-electron chi connectivity index (χ3n) is 2.69. The summed E-state index contributed by atoms with van der Waals surface area (Å²) in [6.45, 7) is 5.89. The zero-order valence-corrected chi connectivity index (χ0v) is 10.5. The fourth-order valence-electron chi connectivity index (χ4n) is 2.32. The SMILES string of the molecule is CCOP(=O)(F)OC1CC(C)CC(C)C1. The number of hydrogen-bond acceptors (Lipinski definition) is 3. The average Bonchev–Trinajstić information content (AvgIpc) is 1.99. The highest BCUT2D eigenvalue weighted by Gasteiger charge is 2.32. The normalized spacial score (nSPS) is 36.1. The van der Waals surface area contributed by atoms with Gasteiger partial charge in [0.25, 0.3) is 0 Å². The van der Waals surface area contributed by atoms with Gasteiger partial charge in [-0.25, -0.2) is 4.57 Å². The molecule has 0 radical (unpaired) electrons. The summed E-state index contributed by atoms with van der Waals surface area (Å²) in [5.74, 6) is 1.00. The van der Waals surface area contributed by atoms with Gasteiger partial charge < -0.3 is 0 Å². The largest absolute Gasteiger partial charge is 0.513 e. The van der Waals surface area contributed by atoms with Crippen LogP contribution in [0.2, 0.25) is 0 Å². The summed E-state index contributed by atoms with van der Waals surface area (Å²) in [7, 11) is -4.31. The minimum absolute atomic E-state index is 0.0750. The molecule has 5 heteroatoms. The predicted octanol–water partition coefficient (Wildman–Crippen LogP) is 3.94. The van der Waals surface area contributed by atoms with Crippen LogP contribution in [0.4, 0.5) is 4.20 Å². The molecule has 0 aromatic rings. The fourth-order valence-corrected chi connectivity index (χ4v) is 3.22. The molecule has 1 fully saturated rings. The summed E-state index contributed by atoms with van der Waals surface area (Å²) in [5.41, 5.74) is 0. The Morgan fingerprint density at radius 2 is 1.80 bits per heavy atom. The van der Waals surface area contributed by atoms with E-state index in [-0.39, 0.29) is 12.7 Å². The van der Waals surface area contributed by atoms with E-state index in [1.165, 1.54) is 0 Å². The van der Waals surface area contributed by atoms with Crippen LogP contribution in [0.1, 0.15) is 40.0 Å². The summed E-state index contributed by atoms with van der Waals surface area (Å²) < 4.78 is 33.8. The average molecular weight is 238 g/mol. The van der Waals surface area contributed by atoms with Crippen molar-refractivity contribution in [3.63, 3.8) is 0 Å². The molecule has 0 amide bonds. The van der Waals surface area contributed by atoms with E-state index >= 15 is 0 Å². The van der Waals surface area contributed by atoms with Crippen molar-refractivity contribution in [2.24, 2.45) is 11.8 Å². The molecule has 0 aromatic heterocycles. The van der Waals surface area contributed by atoms with Gasteiger partial charge in [-0.15, -0.1) is 4.20 Å². The van der Waals surface area contributed by atoms with Gasteiger partial charge >= 0.3 is 7.91 Å². The van der Waals surface area contributed by atoms with Crippen LogP contribution in [0.25, 0.3) is 0 Å². The van der Waals surface area contributed by atoms with Crippen molar-refractivity contribution in [3.05, 3.63) is 0 Å². The van der Waals surface area contributed by atoms with E-state index in [1.807, 2.05) is 0 Å². The maximum absolute atomic E-state index is 13.2. The molecule has 0 heterocycles. The number of halogens is 1. The lowest BCUT2D eigenvalue weighted by Gasteiger charge is -2.31. The van der Waals surface area contributed by atoms with Crippen molar-refractivity contribution < 1.29 is 17.8 Å². The maximum atomic E-state index is 13.2. The molecule has 90 valence electrons. The van der Waals surface area contributed by atoms with E-state index in [1.54, 1.807) is 6.92 Å². The van der Waals surface area contributed by atoms with Crippen LogP contribution in [-0.4, -0.2) is 12.7 Å². The van der Waals surface area contributed by atoms with Gasteiger partial charge in [0.05, 0.1) is 12.7 Å². The van der Waals surface area contributed by atoms with Crippen LogP contribution in [0.15, 0.2) is 0 Å². The van der Waals surface area contributed by atoms with Gasteiger partial charge in [0.15, 0.2) is 0 Å². The molecular weight excluding hydrogens is 218 g/mol. The second-order valence-corrected chi connectivity index (χ2v) is 5.82. The summed E-state index contributed by atoms with van der Waals surface area (Å²) >= 11 is 0. The van der Waals surface area contributed by atoms with E-state index in [0.717, 1.165) is 19.3 Å². The highest BCUT2D eigenvalue weighted by Crippen LogP contribution is 2.52. The Kier molecular flexibility index (Phi) is 4.75. The molecule has 1 saturated carbocycles. The molecular formula is C10H20FO3P. The molecule has 1 aliphatic carbocycles. The van der Waals surface area contributed by atoms with Gasteiger partial charge in [0.1, 0.15) is 0 Å². The van der Waals surface area contributed by atoms with Crippen molar-refractivity contribution in [1.82, 2.24) is 0 Å². The lowest BCUT2D eigenvalue weighted by atomic mass is 9.82. The minimum atomic E-state index is -4.31. The van der Waals surface area contributed by atoms with Gasteiger partial charge in [-0.2, -0.15) is 0 Å². The molecule has 0 bridgehead atoms. The van der Waals surface area contributed by atoms with E-state index in [2.05, 4.69) is 18.4 Å². The topological polar surface area (TPSA) is 35.5 Å². The monoisotopic (exact) mass is 238 g/mol. The van der Waals surface area contributed by atoms with Gasteiger partial charge in [0, 0.05) is 0 Å². The lowest BCUT2D eigenvalue weighted by molar-refractivity contribution is 0.0670. The summed E-state index contributed by atoms with van der Waals surface area (Å²) in [6, 6.07) is 0. The van der Waals surface area contributed by atoms with Crippen LogP contribution in [0, 0.1) is 11.8 Å². The quantitative estimate of drug-likeness (QED) is 0.696. The van der Waals surface area contributed by atoms with Gasteiger partial charge in [-0.3, -0.25) is 9.05 Å². The highest BCUT2D eigenvalue weighted by molar-refractivity contribution is 7.48. The first-order valence-corrected chi connectivity index (χ1v) is 6.99. The summed E-state index contributed by atoms with van der Waals surface area (Å²) in [5, 5.41) is 0. The Bertz CT molecular complexity index is 237. The first-order valence-electron chi connectivity index (χ1n) is 5.55. The minimum Gasteiger partial charge on any atom is -0.284 e. The lowest BCUT2D eigenvalue weighted by Crippen LogP contribution is -2.25. The van der Waals surface area contributed by atoms with Gasteiger partial charge in [-0.1, -0.05) is 13.8 Å². The molecule has 0 spiro atoms. The van der Waals surface area contributed by atoms with Crippen molar-refractivity contribution in [1.29, 1.82) is 0 Å². The smallest absolute Gasteiger partial charge is 0.284 e. The molecule has 3 atom stereocenters. The van der Waals surface area contributed by atoms with Crippen molar-refractivity contribution in [2.75, 3.05) is 6.61 Å². The molecule has 0 aromatic carbocycles. The van der Waals surface area contributed by atoms with Crippen LogP contribution >= 0.6 is 7.91 Å². The van der Waals surface area contributed by atoms with Crippen LogP contribution in [-0.2, 0) is 13.6 Å². The molecule has 0 N–H and O–H groups in total. The highest BCUT2D eigenvalue weighted by atomic mass is 31.2. The predicted molar refractivity (Wildman–Crippen MR) is 57.4 cm³/mol. The Labute approximate surface area is 91.0 Å². The molecule has 15 heavy (non-hydrogen) atoms. The second kappa shape index (κ2) is 5.42. The van der Waals surface area contributed by atoms with Crippen molar-refractivity contribution in [2.45, 2.75) is 46.1 Å². The van der Waals surface area contributed by atoms with Gasteiger partial charge in [0.2, 0.25) is 0 Å². The van der Waals surface area contributed by atoms with E-state index < -0.39 is 7.91 Å². The molecule has 1 aliphatic rings. The van der Waals surface area contributed by atoms with E-state index in [9.17, 15) is 8.76 Å². The Hall–Kier alpha value is 0.0800. The van der Waals surface area contributed by atoms with E-state index in [0.29, 0.717) is 11.8 Å². The summed E-state index contributed by atoms with van der Waals surface area (Å²) in [6.07, 6.45) is 2.41. The Morgan fingerprint density at radius 3 is 2.27 bits per heavy atom. The van der Waals surface area contributed by atoms with Gasteiger partial charge in [-0.05, 0) is 38.0 Å². The Morgan fingerprint density at radius 1 is 1.27 bits per heavy atom. The molecule has 3 unspecified atom stereocenters. The Balaban J connectivity index is 2.47. The van der Waals surface area contributed by atoms with Crippen LogP contribution in [0.3, 0.4) is 0 Å². The number of hydrogen-bond donors (Lipinski definition) is 0. The van der Waals surface area contributed by atoms with Crippen LogP contribution < -0.4 is 0 Å². The first kappa shape index (κ1) is 13.1. The second-order valence-electron chi connectivity index (χ2n) is 4.49. The third-order valence-corrected chi connectivity index (χ3v) is 3.81. The molecule has 3 nitrogen and oxygen atoms in total.